The molecule has 0 radical (unpaired) electrons. The number of nitrogens with zero attached hydrogens (tertiary/aromatic N) is 2. The molecule has 0 saturated carbocycles. The molecule has 4 rings (SSSR count). The van der Waals surface area contributed by atoms with Crippen molar-refractivity contribution in [2.24, 2.45) is 0 Å². The van der Waals surface area contributed by atoms with Gasteiger partial charge in [-0.2, -0.15) is 18.2 Å². The van der Waals surface area contributed by atoms with Crippen LogP contribution in [0, 0.1) is 0 Å². The molecule has 0 unspecified atom stereocenters. The van der Waals surface area contributed by atoms with Crippen molar-refractivity contribution in [2.75, 3.05) is 18.5 Å². The first-order valence-corrected chi connectivity index (χ1v) is 11.0. The second-order valence-corrected chi connectivity index (χ2v) is 9.48. The van der Waals surface area contributed by atoms with Crippen molar-refractivity contribution in [2.45, 2.75) is 50.6 Å². The predicted octanol–water partition coefficient (Wildman–Crippen LogP) is 5.74. The number of ether oxygens (including phenoxy) is 1. The summed E-state index contributed by atoms with van der Waals surface area (Å²) < 4.78 is 50.7. The van der Waals surface area contributed by atoms with Gasteiger partial charge >= 0.3 is 6.18 Å². The standard InChI is InChI=1S/C25H26F3N3O3/c1-23(2,3)22-30-20(31-34-22)16-7-9-19(10-8-16)29-21(32)24(11-13-33-14-12-24)17-5-4-6-18(15-17)25(26,27)28/h4-10,15H,11-14H2,1-3H3,(H,29,32). The van der Waals surface area contributed by atoms with Crippen molar-refractivity contribution < 1.29 is 27.2 Å². The number of carbonyl (C=O) groups is 1. The highest BCUT2D eigenvalue weighted by Gasteiger charge is 2.43. The number of benzene rings is 2. The Morgan fingerprint density at radius 2 is 1.71 bits per heavy atom. The molecule has 1 aliphatic rings. The van der Waals surface area contributed by atoms with E-state index in [1.807, 2.05) is 20.8 Å². The Morgan fingerprint density at radius 1 is 1.03 bits per heavy atom. The molecule has 1 fully saturated rings. The number of hydrogen-bond acceptors (Lipinski definition) is 5. The number of amides is 1. The monoisotopic (exact) mass is 473 g/mol. The van der Waals surface area contributed by atoms with Gasteiger partial charge in [-0.15, -0.1) is 0 Å². The molecule has 2 aromatic carbocycles. The lowest BCUT2D eigenvalue weighted by Gasteiger charge is -2.36. The Kier molecular flexibility index (Phi) is 6.24. The topological polar surface area (TPSA) is 77.2 Å². The van der Waals surface area contributed by atoms with Crippen LogP contribution in [0.1, 0.15) is 50.6 Å². The summed E-state index contributed by atoms with van der Waals surface area (Å²) in [5.41, 5.74) is -0.598. The average Bonchev–Trinajstić information content (AvgIpc) is 3.31. The summed E-state index contributed by atoms with van der Waals surface area (Å²) in [6.07, 6.45) is -3.91. The minimum atomic E-state index is -4.49. The Morgan fingerprint density at radius 3 is 2.29 bits per heavy atom. The molecule has 1 N–H and O–H groups in total. The molecule has 34 heavy (non-hydrogen) atoms. The summed E-state index contributed by atoms with van der Waals surface area (Å²) in [4.78, 5) is 17.9. The highest BCUT2D eigenvalue weighted by Crippen LogP contribution is 2.39. The van der Waals surface area contributed by atoms with Gasteiger partial charge in [0.05, 0.1) is 11.0 Å². The lowest BCUT2D eigenvalue weighted by atomic mass is 9.73. The van der Waals surface area contributed by atoms with Crippen LogP contribution in [0.2, 0.25) is 0 Å². The van der Waals surface area contributed by atoms with Gasteiger partial charge in [-0.1, -0.05) is 44.1 Å². The molecular weight excluding hydrogens is 447 g/mol. The van der Waals surface area contributed by atoms with E-state index >= 15 is 0 Å². The van der Waals surface area contributed by atoms with Crippen molar-refractivity contribution in [1.29, 1.82) is 0 Å². The molecule has 180 valence electrons. The third-order valence-corrected chi connectivity index (χ3v) is 5.99. The third kappa shape index (κ3) is 4.84. The van der Waals surface area contributed by atoms with Gasteiger partial charge in [0.1, 0.15) is 0 Å². The first kappa shape index (κ1) is 23.9. The van der Waals surface area contributed by atoms with E-state index in [-0.39, 0.29) is 37.4 Å². The van der Waals surface area contributed by atoms with Crippen LogP contribution < -0.4 is 5.32 Å². The van der Waals surface area contributed by atoms with Crippen molar-refractivity contribution in [3.8, 4) is 11.4 Å². The summed E-state index contributed by atoms with van der Waals surface area (Å²) in [5.74, 6) is 0.590. The van der Waals surface area contributed by atoms with E-state index in [1.54, 1.807) is 30.3 Å². The molecule has 1 aliphatic heterocycles. The zero-order valence-corrected chi connectivity index (χ0v) is 19.2. The number of rotatable bonds is 4. The van der Waals surface area contributed by atoms with E-state index in [9.17, 15) is 18.0 Å². The molecule has 1 saturated heterocycles. The smallest absolute Gasteiger partial charge is 0.381 e. The summed E-state index contributed by atoms with van der Waals surface area (Å²) in [5, 5.41) is 6.89. The van der Waals surface area contributed by atoms with Gasteiger partial charge < -0.3 is 14.6 Å². The van der Waals surface area contributed by atoms with Crippen molar-refractivity contribution >= 4 is 11.6 Å². The Hall–Kier alpha value is -3.20. The molecule has 0 bridgehead atoms. The largest absolute Gasteiger partial charge is 0.416 e. The summed E-state index contributed by atoms with van der Waals surface area (Å²) in [7, 11) is 0. The Labute approximate surface area is 195 Å². The molecular formula is C25H26F3N3O3. The number of hydrogen-bond donors (Lipinski definition) is 1. The highest BCUT2D eigenvalue weighted by atomic mass is 19.4. The fourth-order valence-corrected chi connectivity index (χ4v) is 3.96. The van der Waals surface area contributed by atoms with E-state index in [2.05, 4.69) is 15.5 Å². The van der Waals surface area contributed by atoms with E-state index in [0.29, 0.717) is 23.0 Å². The lowest BCUT2D eigenvalue weighted by molar-refractivity contribution is -0.138. The zero-order chi connectivity index (χ0) is 24.6. The van der Waals surface area contributed by atoms with E-state index < -0.39 is 17.2 Å². The fraction of sp³-hybridized carbons (Fsp3) is 0.400. The van der Waals surface area contributed by atoms with E-state index in [4.69, 9.17) is 9.26 Å². The van der Waals surface area contributed by atoms with Crippen LogP contribution in [0.5, 0.6) is 0 Å². The maximum absolute atomic E-state index is 13.4. The van der Waals surface area contributed by atoms with Crippen LogP contribution in [0.4, 0.5) is 18.9 Å². The van der Waals surface area contributed by atoms with Crippen LogP contribution in [-0.4, -0.2) is 29.3 Å². The van der Waals surface area contributed by atoms with Gasteiger partial charge in [0.2, 0.25) is 17.6 Å². The third-order valence-electron chi connectivity index (χ3n) is 5.99. The molecule has 6 nitrogen and oxygen atoms in total. The van der Waals surface area contributed by atoms with Gasteiger partial charge in [-0.05, 0) is 48.7 Å². The van der Waals surface area contributed by atoms with Gasteiger partial charge in [0, 0.05) is 29.9 Å². The maximum Gasteiger partial charge on any atom is 0.416 e. The number of anilines is 1. The molecule has 1 amide bonds. The summed E-state index contributed by atoms with van der Waals surface area (Å²) >= 11 is 0. The highest BCUT2D eigenvalue weighted by molar-refractivity contribution is 5.99. The molecule has 2 heterocycles. The van der Waals surface area contributed by atoms with E-state index in [1.165, 1.54) is 6.07 Å². The quantitative estimate of drug-likeness (QED) is 0.523. The van der Waals surface area contributed by atoms with Crippen molar-refractivity contribution in [3.63, 3.8) is 0 Å². The van der Waals surface area contributed by atoms with Crippen molar-refractivity contribution in [3.05, 3.63) is 65.5 Å². The SMILES string of the molecule is CC(C)(C)c1nc(-c2ccc(NC(=O)C3(c4cccc(C(F)(F)F)c4)CCOCC3)cc2)no1. The van der Waals surface area contributed by atoms with Gasteiger partial charge in [0.25, 0.3) is 0 Å². The molecule has 3 aromatic rings. The van der Waals surface area contributed by atoms with Crippen LogP contribution in [0.25, 0.3) is 11.4 Å². The second kappa shape index (κ2) is 8.87. The van der Waals surface area contributed by atoms with Gasteiger partial charge in [-0.25, -0.2) is 0 Å². The average molecular weight is 473 g/mol. The van der Waals surface area contributed by atoms with Gasteiger partial charge in [0.15, 0.2) is 0 Å². The first-order valence-electron chi connectivity index (χ1n) is 11.0. The fourth-order valence-electron chi connectivity index (χ4n) is 3.96. The molecule has 0 aliphatic carbocycles. The predicted molar refractivity (Wildman–Crippen MR) is 120 cm³/mol. The Balaban J connectivity index is 1.58. The lowest BCUT2D eigenvalue weighted by Crippen LogP contribution is -2.45. The van der Waals surface area contributed by atoms with Crippen LogP contribution in [-0.2, 0) is 26.5 Å². The minimum absolute atomic E-state index is 0.277. The molecule has 0 spiro atoms. The summed E-state index contributed by atoms with van der Waals surface area (Å²) in [6.45, 7) is 6.49. The number of nitrogens with one attached hydrogen (secondary N) is 1. The maximum atomic E-state index is 13.4. The van der Waals surface area contributed by atoms with Crippen LogP contribution in [0.15, 0.2) is 53.1 Å². The normalized spacial score (nSPS) is 16.3. The van der Waals surface area contributed by atoms with Gasteiger partial charge in [-0.3, -0.25) is 4.79 Å². The van der Waals surface area contributed by atoms with Crippen molar-refractivity contribution in [1.82, 2.24) is 10.1 Å². The number of halogens is 3. The number of carbonyl (C=O) groups excluding carboxylic acids is 1. The second-order valence-electron chi connectivity index (χ2n) is 9.48. The number of alkyl halides is 3. The zero-order valence-electron chi connectivity index (χ0n) is 19.2. The first-order chi connectivity index (χ1) is 16.0. The molecule has 1 aromatic heterocycles. The molecule has 0 atom stereocenters. The van der Waals surface area contributed by atoms with E-state index in [0.717, 1.165) is 17.7 Å². The van der Waals surface area contributed by atoms with Crippen LogP contribution >= 0.6 is 0 Å². The number of aromatic nitrogens is 2. The molecule has 9 heteroatoms. The Bertz CT molecular complexity index is 1160. The van der Waals surface area contributed by atoms with Crippen LogP contribution in [0.3, 0.4) is 0 Å². The summed E-state index contributed by atoms with van der Waals surface area (Å²) in [6, 6.07) is 11.9. The minimum Gasteiger partial charge on any atom is -0.381 e.